The van der Waals surface area contributed by atoms with Crippen LogP contribution in [0, 0.1) is 5.92 Å². The SMILES string of the molecule is O=C(O)C1CCCC(NS(=O)(=O)c2cc(Cl)ccc2Cl)C1. The molecule has 1 fully saturated rings. The Morgan fingerprint density at radius 1 is 1.29 bits per heavy atom. The van der Waals surface area contributed by atoms with Gasteiger partial charge in [0.15, 0.2) is 0 Å². The summed E-state index contributed by atoms with van der Waals surface area (Å²) < 4.78 is 27.2. The lowest BCUT2D eigenvalue weighted by Gasteiger charge is -2.27. The summed E-state index contributed by atoms with van der Waals surface area (Å²) in [5, 5.41) is 9.39. The molecule has 21 heavy (non-hydrogen) atoms. The Morgan fingerprint density at radius 3 is 2.67 bits per heavy atom. The van der Waals surface area contributed by atoms with Crippen LogP contribution in [0.25, 0.3) is 0 Å². The van der Waals surface area contributed by atoms with Gasteiger partial charge < -0.3 is 5.11 Å². The number of sulfonamides is 1. The fraction of sp³-hybridized carbons (Fsp3) is 0.462. The first-order chi connectivity index (χ1) is 9.79. The minimum Gasteiger partial charge on any atom is -0.481 e. The molecule has 1 aliphatic rings. The fourth-order valence-corrected chi connectivity index (χ4v) is 4.53. The molecule has 0 aliphatic heterocycles. The molecule has 1 aromatic rings. The van der Waals surface area contributed by atoms with Crippen molar-refractivity contribution in [2.75, 3.05) is 0 Å². The second kappa shape index (κ2) is 6.52. The molecule has 0 amide bonds. The predicted molar refractivity (Wildman–Crippen MR) is 80.2 cm³/mol. The van der Waals surface area contributed by atoms with E-state index in [4.69, 9.17) is 28.3 Å². The van der Waals surface area contributed by atoms with E-state index in [2.05, 4.69) is 4.72 Å². The Bertz CT molecular complexity index is 648. The maximum absolute atomic E-state index is 12.3. The van der Waals surface area contributed by atoms with Gasteiger partial charge in [0.2, 0.25) is 10.0 Å². The third-order valence-electron chi connectivity index (χ3n) is 3.53. The van der Waals surface area contributed by atoms with Crippen LogP contribution in [0.3, 0.4) is 0 Å². The first-order valence-electron chi connectivity index (χ1n) is 6.50. The Kier molecular flexibility index (Phi) is 5.14. The van der Waals surface area contributed by atoms with E-state index in [0.29, 0.717) is 19.3 Å². The lowest BCUT2D eigenvalue weighted by molar-refractivity contribution is -0.143. The van der Waals surface area contributed by atoms with Crippen molar-refractivity contribution >= 4 is 39.2 Å². The first kappa shape index (κ1) is 16.5. The van der Waals surface area contributed by atoms with Gasteiger partial charge in [0.25, 0.3) is 0 Å². The summed E-state index contributed by atoms with van der Waals surface area (Å²) in [6, 6.07) is 3.80. The molecule has 2 unspecified atom stereocenters. The topological polar surface area (TPSA) is 83.5 Å². The third-order valence-corrected chi connectivity index (χ3v) is 5.77. The third kappa shape index (κ3) is 4.10. The van der Waals surface area contributed by atoms with Gasteiger partial charge in [0, 0.05) is 11.1 Å². The van der Waals surface area contributed by atoms with Gasteiger partial charge in [0.05, 0.1) is 10.9 Å². The number of hydrogen-bond donors (Lipinski definition) is 2. The minimum absolute atomic E-state index is 0.0810. The zero-order valence-corrected chi connectivity index (χ0v) is 13.4. The summed E-state index contributed by atoms with van der Waals surface area (Å²) in [6.45, 7) is 0. The molecule has 0 heterocycles. The van der Waals surface area contributed by atoms with Crippen LogP contribution >= 0.6 is 23.2 Å². The highest BCUT2D eigenvalue weighted by Crippen LogP contribution is 2.28. The van der Waals surface area contributed by atoms with Crippen molar-refractivity contribution in [2.24, 2.45) is 5.92 Å². The average Bonchev–Trinajstić information content (AvgIpc) is 2.41. The Morgan fingerprint density at radius 2 is 2.00 bits per heavy atom. The Balaban J connectivity index is 2.17. The van der Waals surface area contributed by atoms with Crippen molar-refractivity contribution in [2.45, 2.75) is 36.6 Å². The lowest BCUT2D eigenvalue weighted by Crippen LogP contribution is -2.39. The highest BCUT2D eigenvalue weighted by Gasteiger charge is 2.30. The number of carbonyl (C=O) groups is 1. The van der Waals surface area contributed by atoms with Crippen LogP contribution < -0.4 is 4.72 Å². The Labute approximate surface area is 133 Å². The van der Waals surface area contributed by atoms with Crippen LogP contribution in [0.4, 0.5) is 0 Å². The maximum atomic E-state index is 12.3. The molecule has 8 heteroatoms. The van der Waals surface area contributed by atoms with Crippen molar-refractivity contribution in [1.29, 1.82) is 0 Å². The fourth-order valence-electron chi connectivity index (χ4n) is 2.49. The molecule has 2 atom stereocenters. The number of benzene rings is 1. The molecule has 2 rings (SSSR count). The molecule has 0 aromatic heterocycles. The summed E-state index contributed by atoms with van der Waals surface area (Å²) >= 11 is 11.7. The van der Waals surface area contributed by atoms with E-state index in [1.165, 1.54) is 18.2 Å². The van der Waals surface area contributed by atoms with Crippen LogP contribution in [-0.4, -0.2) is 25.5 Å². The van der Waals surface area contributed by atoms with Crippen molar-refractivity contribution in [3.63, 3.8) is 0 Å². The molecule has 1 aromatic carbocycles. The van der Waals surface area contributed by atoms with Gasteiger partial charge in [-0.05, 0) is 37.5 Å². The van der Waals surface area contributed by atoms with Crippen molar-refractivity contribution in [3.05, 3.63) is 28.2 Å². The summed E-state index contributed by atoms with van der Waals surface area (Å²) in [7, 11) is -3.82. The van der Waals surface area contributed by atoms with Crippen LogP contribution in [0.15, 0.2) is 23.1 Å². The van der Waals surface area contributed by atoms with Gasteiger partial charge in [-0.25, -0.2) is 13.1 Å². The molecule has 2 N–H and O–H groups in total. The molecule has 0 radical (unpaired) electrons. The molecule has 0 spiro atoms. The summed E-state index contributed by atoms with van der Waals surface area (Å²) in [5.41, 5.74) is 0. The van der Waals surface area contributed by atoms with Crippen LogP contribution in [0.1, 0.15) is 25.7 Å². The highest BCUT2D eigenvalue weighted by atomic mass is 35.5. The quantitative estimate of drug-likeness (QED) is 0.873. The molecule has 1 aliphatic carbocycles. The number of halogens is 2. The number of carboxylic acids is 1. The van der Waals surface area contributed by atoms with E-state index in [-0.39, 0.29) is 21.4 Å². The highest BCUT2D eigenvalue weighted by molar-refractivity contribution is 7.89. The Hall–Kier alpha value is -0.820. The first-order valence-corrected chi connectivity index (χ1v) is 8.73. The van der Waals surface area contributed by atoms with Crippen LogP contribution in [0.2, 0.25) is 10.0 Å². The van der Waals surface area contributed by atoms with E-state index in [1.54, 1.807) is 0 Å². The normalized spacial score (nSPS) is 23.0. The minimum atomic E-state index is -3.82. The van der Waals surface area contributed by atoms with Crippen LogP contribution in [0.5, 0.6) is 0 Å². The molecule has 0 bridgehead atoms. The lowest BCUT2D eigenvalue weighted by atomic mass is 9.86. The monoisotopic (exact) mass is 351 g/mol. The zero-order chi connectivity index (χ0) is 15.6. The molecular formula is C13H15Cl2NO4S. The van der Waals surface area contributed by atoms with Crippen molar-refractivity contribution < 1.29 is 18.3 Å². The van der Waals surface area contributed by atoms with E-state index >= 15 is 0 Å². The number of hydrogen-bond acceptors (Lipinski definition) is 3. The van der Waals surface area contributed by atoms with E-state index in [1.807, 2.05) is 0 Å². The van der Waals surface area contributed by atoms with Gasteiger partial charge in [-0.2, -0.15) is 0 Å². The van der Waals surface area contributed by atoms with Crippen molar-refractivity contribution in [1.82, 2.24) is 4.72 Å². The second-order valence-electron chi connectivity index (χ2n) is 5.09. The van der Waals surface area contributed by atoms with E-state index < -0.39 is 28.0 Å². The summed E-state index contributed by atoms with van der Waals surface area (Å²) in [6.07, 6.45) is 2.15. The van der Waals surface area contributed by atoms with Gasteiger partial charge in [-0.1, -0.05) is 29.6 Å². The average molecular weight is 352 g/mol. The van der Waals surface area contributed by atoms with Crippen LogP contribution in [-0.2, 0) is 14.8 Å². The molecule has 0 saturated heterocycles. The number of rotatable bonds is 4. The number of aliphatic carboxylic acids is 1. The molecule has 116 valence electrons. The summed E-state index contributed by atoms with van der Waals surface area (Å²) in [5.74, 6) is -1.40. The maximum Gasteiger partial charge on any atom is 0.306 e. The zero-order valence-electron chi connectivity index (χ0n) is 11.1. The van der Waals surface area contributed by atoms with Gasteiger partial charge in [-0.15, -0.1) is 0 Å². The van der Waals surface area contributed by atoms with Crippen molar-refractivity contribution in [3.8, 4) is 0 Å². The van der Waals surface area contributed by atoms with E-state index in [0.717, 1.165) is 0 Å². The smallest absolute Gasteiger partial charge is 0.306 e. The largest absolute Gasteiger partial charge is 0.481 e. The molecule has 5 nitrogen and oxygen atoms in total. The second-order valence-corrected chi connectivity index (χ2v) is 7.62. The van der Waals surface area contributed by atoms with Gasteiger partial charge in [-0.3, -0.25) is 4.79 Å². The summed E-state index contributed by atoms with van der Waals surface area (Å²) in [4.78, 5) is 10.9. The number of carboxylic acid groups (broad SMARTS) is 1. The van der Waals surface area contributed by atoms with Gasteiger partial charge >= 0.3 is 5.97 Å². The van der Waals surface area contributed by atoms with E-state index in [9.17, 15) is 13.2 Å². The molecular weight excluding hydrogens is 337 g/mol. The predicted octanol–water partition coefficient (Wildman–Crippen LogP) is 2.92. The standard InChI is InChI=1S/C13H15Cl2NO4S/c14-9-4-5-11(15)12(7-9)21(19,20)16-10-3-1-2-8(6-10)13(17)18/h4-5,7-8,10,16H,1-3,6H2,(H,17,18). The number of nitrogens with one attached hydrogen (secondary N) is 1. The van der Waals surface area contributed by atoms with Gasteiger partial charge in [0.1, 0.15) is 4.90 Å². The molecule has 1 saturated carbocycles.